The SMILES string of the molecule is CC.CC.CCC.CN(C)C. The van der Waals surface area contributed by atoms with Crippen molar-refractivity contribution < 1.29 is 0 Å². The van der Waals surface area contributed by atoms with Gasteiger partial charge >= 0.3 is 0 Å². The largest absolute Gasteiger partial charge is 0.312 e. The summed E-state index contributed by atoms with van der Waals surface area (Å²) < 4.78 is 0. The molecule has 0 N–H and O–H groups in total. The van der Waals surface area contributed by atoms with Crippen LogP contribution in [0.4, 0.5) is 0 Å². The zero-order chi connectivity index (χ0) is 10.3. The molecule has 1 heteroatoms. The molecule has 0 heterocycles. The van der Waals surface area contributed by atoms with Crippen molar-refractivity contribution in [2.75, 3.05) is 21.1 Å². The Morgan fingerprint density at radius 1 is 0.727 bits per heavy atom. The van der Waals surface area contributed by atoms with Crippen LogP contribution in [0.2, 0.25) is 0 Å². The molecule has 0 aromatic rings. The van der Waals surface area contributed by atoms with Crippen molar-refractivity contribution >= 4 is 0 Å². The maximum atomic E-state index is 2.12. The van der Waals surface area contributed by atoms with Gasteiger partial charge in [0.1, 0.15) is 0 Å². The maximum absolute atomic E-state index is 2.12. The Labute approximate surface area is 74.8 Å². The second-order valence-corrected chi connectivity index (χ2v) is 2.05. The molecule has 0 spiro atoms. The summed E-state index contributed by atoms with van der Waals surface area (Å²) in [5, 5.41) is 0. The molecule has 0 saturated carbocycles. The molecule has 11 heavy (non-hydrogen) atoms. The molecule has 0 amide bonds. The Bertz CT molecular complexity index is 16.1. The van der Waals surface area contributed by atoms with Gasteiger partial charge in [-0.05, 0) is 21.1 Å². The highest BCUT2D eigenvalue weighted by atomic mass is 15.0. The number of nitrogens with zero attached hydrogens (tertiary/aromatic N) is 1. The second kappa shape index (κ2) is 51.0. The number of hydrogen-bond acceptors (Lipinski definition) is 1. The van der Waals surface area contributed by atoms with E-state index in [1.807, 2.05) is 53.7 Å². The fourth-order valence-electron chi connectivity index (χ4n) is 0. The van der Waals surface area contributed by atoms with Crippen molar-refractivity contribution in [2.24, 2.45) is 0 Å². The van der Waals surface area contributed by atoms with Gasteiger partial charge in [-0.15, -0.1) is 0 Å². The molecule has 0 aliphatic carbocycles. The average molecular weight is 163 g/mol. The van der Waals surface area contributed by atoms with Crippen molar-refractivity contribution in [3.05, 3.63) is 0 Å². The summed E-state index contributed by atoms with van der Waals surface area (Å²) in [4.78, 5) is 2.00. The van der Waals surface area contributed by atoms with Gasteiger partial charge in [-0.25, -0.2) is 0 Å². The van der Waals surface area contributed by atoms with Gasteiger partial charge in [0.15, 0.2) is 0 Å². The summed E-state index contributed by atoms with van der Waals surface area (Å²) in [5.74, 6) is 0. The summed E-state index contributed by atoms with van der Waals surface area (Å²) >= 11 is 0. The van der Waals surface area contributed by atoms with E-state index in [1.165, 1.54) is 6.42 Å². The molecule has 0 aliphatic rings. The van der Waals surface area contributed by atoms with Gasteiger partial charge < -0.3 is 4.90 Å². The summed E-state index contributed by atoms with van der Waals surface area (Å²) in [6.45, 7) is 12.2. The van der Waals surface area contributed by atoms with Crippen molar-refractivity contribution in [2.45, 2.75) is 48.0 Å². The van der Waals surface area contributed by atoms with Crippen LogP contribution in [0.5, 0.6) is 0 Å². The maximum Gasteiger partial charge on any atom is -0.0140 e. The first-order chi connectivity index (χ1) is 5.15. The fourth-order valence-corrected chi connectivity index (χ4v) is 0. The van der Waals surface area contributed by atoms with Crippen LogP contribution < -0.4 is 0 Å². The van der Waals surface area contributed by atoms with Crippen molar-refractivity contribution in [3.63, 3.8) is 0 Å². The Hall–Kier alpha value is -0.0400. The highest BCUT2D eigenvalue weighted by molar-refractivity contribution is 4.09. The van der Waals surface area contributed by atoms with Crippen LogP contribution in [0.1, 0.15) is 48.0 Å². The van der Waals surface area contributed by atoms with Crippen molar-refractivity contribution in [3.8, 4) is 0 Å². The monoisotopic (exact) mass is 163 g/mol. The first-order valence-electron chi connectivity index (χ1n) is 4.76. The van der Waals surface area contributed by atoms with E-state index in [2.05, 4.69) is 13.8 Å². The molecule has 0 atom stereocenters. The third-order valence-electron chi connectivity index (χ3n) is 0. The molecule has 0 rings (SSSR count). The summed E-state index contributed by atoms with van der Waals surface area (Å²) in [6.07, 6.45) is 1.25. The van der Waals surface area contributed by atoms with E-state index in [1.54, 1.807) is 0 Å². The second-order valence-electron chi connectivity index (χ2n) is 2.05. The van der Waals surface area contributed by atoms with Gasteiger partial charge in [0, 0.05) is 0 Å². The van der Waals surface area contributed by atoms with Gasteiger partial charge in [-0.1, -0.05) is 48.0 Å². The van der Waals surface area contributed by atoms with Crippen molar-refractivity contribution in [1.82, 2.24) is 4.90 Å². The van der Waals surface area contributed by atoms with Crippen LogP contribution in [0.3, 0.4) is 0 Å². The molecule has 0 bridgehead atoms. The van der Waals surface area contributed by atoms with E-state index in [9.17, 15) is 0 Å². The van der Waals surface area contributed by atoms with Gasteiger partial charge in [0.25, 0.3) is 0 Å². The minimum atomic E-state index is 1.25. The molecular formula is C10H29N. The lowest BCUT2D eigenvalue weighted by molar-refractivity contribution is 0.505. The van der Waals surface area contributed by atoms with Crippen LogP contribution in [0.25, 0.3) is 0 Å². The Morgan fingerprint density at radius 3 is 0.727 bits per heavy atom. The van der Waals surface area contributed by atoms with Gasteiger partial charge in [-0.3, -0.25) is 0 Å². The Kier molecular flexibility index (Phi) is 104. The molecule has 0 aromatic heterocycles. The zero-order valence-electron chi connectivity index (χ0n) is 10.2. The standard InChI is InChI=1S/C3H9N.C3H8.2C2H6/c1-4(2)3;1-3-2;2*1-2/h1-3H3;3H2,1-2H3;2*1-2H3. The van der Waals surface area contributed by atoms with Crippen LogP contribution in [-0.4, -0.2) is 26.0 Å². The molecule has 0 aliphatic heterocycles. The van der Waals surface area contributed by atoms with E-state index >= 15 is 0 Å². The third kappa shape index (κ3) is 394000. The molecular weight excluding hydrogens is 134 g/mol. The molecule has 0 radical (unpaired) electrons. The average Bonchev–Trinajstić information content (AvgIpc) is 1.96. The third-order valence-corrected chi connectivity index (χ3v) is 0. The van der Waals surface area contributed by atoms with Gasteiger partial charge in [-0.2, -0.15) is 0 Å². The van der Waals surface area contributed by atoms with E-state index in [-0.39, 0.29) is 0 Å². The Balaban J connectivity index is -0.0000000315. The lowest BCUT2D eigenvalue weighted by atomic mass is 10.6. The van der Waals surface area contributed by atoms with Crippen LogP contribution >= 0.6 is 0 Å². The van der Waals surface area contributed by atoms with E-state index < -0.39 is 0 Å². The minimum Gasteiger partial charge on any atom is -0.312 e. The van der Waals surface area contributed by atoms with Crippen LogP contribution in [0, 0.1) is 0 Å². The Morgan fingerprint density at radius 2 is 0.727 bits per heavy atom. The quantitative estimate of drug-likeness (QED) is 0.527. The zero-order valence-corrected chi connectivity index (χ0v) is 10.2. The van der Waals surface area contributed by atoms with Crippen molar-refractivity contribution in [1.29, 1.82) is 0 Å². The molecule has 0 unspecified atom stereocenters. The van der Waals surface area contributed by atoms with Crippen LogP contribution in [-0.2, 0) is 0 Å². The van der Waals surface area contributed by atoms with E-state index in [0.29, 0.717) is 0 Å². The lowest BCUT2D eigenvalue weighted by Crippen LogP contribution is -1.99. The first kappa shape index (κ1) is 22.4. The first-order valence-corrected chi connectivity index (χ1v) is 4.76. The predicted molar refractivity (Wildman–Crippen MR) is 58.3 cm³/mol. The summed E-state index contributed by atoms with van der Waals surface area (Å²) in [5.41, 5.74) is 0. The fraction of sp³-hybridized carbons (Fsp3) is 1.00. The lowest BCUT2D eigenvalue weighted by Gasteiger charge is -1.90. The summed E-state index contributed by atoms with van der Waals surface area (Å²) in [7, 11) is 6.00. The van der Waals surface area contributed by atoms with E-state index in [4.69, 9.17) is 0 Å². The summed E-state index contributed by atoms with van der Waals surface area (Å²) in [6, 6.07) is 0. The van der Waals surface area contributed by atoms with Gasteiger partial charge in [0.2, 0.25) is 0 Å². The smallest absolute Gasteiger partial charge is 0.0140 e. The minimum absolute atomic E-state index is 1.25. The normalized spacial score (nSPS) is 6.00. The van der Waals surface area contributed by atoms with Gasteiger partial charge in [0.05, 0.1) is 0 Å². The molecule has 0 saturated heterocycles. The molecule has 74 valence electrons. The van der Waals surface area contributed by atoms with Crippen LogP contribution in [0.15, 0.2) is 0 Å². The number of hydrogen-bond donors (Lipinski definition) is 0. The molecule has 1 nitrogen and oxygen atoms in total. The highest BCUT2D eigenvalue weighted by Gasteiger charge is 1.58. The molecule has 0 aromatic carbocycles. The predicted octanol–water partition coefficient (Wildman–Crippen LogP) is 3.65. The molecule has 0 fully saturated rings. The highest BCUT2D eigenvalue weighted by Crippen LogP contribution is 1.56. The van der Waals surface area contributed by atoms with E-state index in [0.717, 1.165) is 0 Å². The topological polar surface area (TPSA) is 3.24 Å². The number of rotatable bonds is 0.